The topological polar surface area (TPSA) is 76.1 Å². The molecule has 6 nitrogen and oxygen atoms in total. The van der Waals surface area contributed by atoms with E-state index in [1.54, 1.807) is 25.3 Å². The molecule has 4 rings (SSSR count). The van der Waals surface area contributed by atoms with Gasteiger partial charge in [0.15, 0.2) is 0 Å². The summed E-state index contributed by atoms with van der Waals surface area (Å²) in [4.78, 5) is 20.9. The first-order chi connectivity index (χ1) is 17.4. The van der Waals surface area contributed by atoms with Crippen LogP contribution in [0.4, 0.5) is 21.8 Å². The SMILES string of the molecule is CCOC(=O)C=Cc1cccc(-c2cnc(Nc3ccc(F)c(Cl)c3)nc2NCCCC2CC2C)c1. The molecule has 0 bridgehead atoms. The van der Waals surface area contributed by atoms with Crippen LogP contribution in [0.3, 0.4) is 0 Å². The lowest BCUT2D eigenvalue weighted by Crippen LogP contribution is -2.08. The van der Waals surface area contributed by atoms with E-state index in [4.69, 9.17) is 21.3 Å². The molecule has 1 heterocycles. The van der Waals surface area contributed by atoms with Crippen LogP contribution in [0.2, 0.25) is 5.02 Å². The van der Waals surface area contributed by atoms with Gasteiger partial charge in [-0.15, -0.1) is 0 Å². The van der Waals surface area contributed by atoms with Crippen LogP contribution in [0, 0.1) is 17.7 Å². The van der Waals surface area contributed by atoms with Crippen LogP contribution in [0.25, 0.3) is 17.2 Å². The van der Waals surface area contributed by atoms with E-state index >= 15 is 0 Å². The van der Waals surface area contributed by atoms with Gasteiger partial charge in [0.25, 0.3) is 0 Å². The maximum Gasteiger partial charge on any atom is 0.330 e. The van der Waals surface area contributed by atoms with E-state index in [-0.39, 0.29) is 11.0 Å². The monoisotopic (exact) mass is 508 g/mol. The Hall–Kier alpha value is -3.45. The fourth-order valence-corrected chi connectivity index (χ4v) is 4.21. The lowest BCUT2D eigenvalue weighted by Gasteiger charge is -2.14. The van der Waals surface area contributed by atoms with Gasteiger partial charge in [0, 0.05) is 30.1 Å². The maximum absolute atomic E-state index is 13.5. The van der Waals surface area contributed by atoms with Crippen LogP contribution in [0.1, 0.15) is 38.7 Å². The van der Waals surface area contributed by atoms with Gasteiger partial charge in [0.05, 0.1) is 11.6 Å². The summed E-state index contributed by atoms with van der Waals surface area (Å²) >= 11 is 5.92. The molecule has 36 heavy (non-hydrogen) atoms. The minimum atomic E-state index is -0.484. The molecule has 3 aromatic rings. The third-order valence-corrected chi connectivity index (χ3v) is 6.47. The molecule has 0 radical (unpaired) electrons. The Labute approximate surface area is 216 Å². The normalized spacial score (nSPS) is 16.7. The average molecular weight is 509 g/mol. The number of aromatic nitrogens is 2. The number of hydrogen-bond acceptors (Lipinski definition) is 6. The molecule has 2 unspecified atom stereocenters. The smallest absolute Gasteiger partial charge is 0.330 e. The first kappa shape index (κ1) is 25.6. The number of nitrogens with one attached hydrogen (secondary N) is 2. The standard InChI is InChI=1S/C28H30ClFN4O2/c1-3-36-26(35)12-9-19-6-4-7-21(15-19)23-17-32-28(33-22-10-11-25(30)24(29)16-22)34-27(23)31-13-5-8-20-14-18(20)2/h4,6-7,9-12,15-18,20H,3,5,8,13-14H2,1-2H3,(H2,31,32,33,34). The molecule has 0 amide bonds. The molecule has 1 fully saturated rings. The number of carbonyl (C=O) groups is 1. The van der Waals surface area contributed by atoms with Crippen molar-refractivity contribution in [3.05, 3.63) is 71.1 Å². The van der Waals surface area contributed by atoms with Gasteiger partial charge in [-0.1, -0.05) is 36.7 Å². The largest absolute Gasteiger partial charge is 0.463 e. The summed E-state index contributed by atoms with van der Waals surface area (Å²) in [6, 6.07) is 12.2. The summed E-state index contributed by atoms with van der Waals surface area (Å²) < 4.78 is 18.5. The fourth-order valence-electron chi connectivity index (χ4n) is 4.03. The molecule has 1 aromatic heterocycles. The van der Waals surface area contributed by atoms with Gasteiger partial charge in [-0.3, -0.25) is 0 Å². The highest BCUT2D eigenvalue weighted by Gasteiger charge is 2.31. The fraction of sp³-hybridized carbons (Fsp3) is 0.321. The lowest BCUT2D eigenvalue weighted by molar-refractivity contribution is -0.137. The van der Waals surface area contributed by atoms with E-state index in [2.05, 4.69) is 22.5 Å². The molecule has 2 atom stereocenters. The molecule has 1 saturated carbocycles. The molecule has 188 valence electrons. The van der Waals surface area contributed by atoms with Gasteiger partial charge < -0.3 is 15.4 Å². The summed E-state index contributed by atoms with van der Waals surface area (Å²) in [5.41, 5.74) is 3.20. The Morgan fingerprint density at radius 3 is 2.86 bits per heavy atom. The zero-order chi connectivity index (χ0) is 25.5. The van der Waals surface area contributed by atoms with Crippen LogP contribution in [-0.4, -0.2) is 29.1 Å². The Morgan fingerprint density at radius 2 is 2.11 bits per heavy atom. The van der Waals surface area contributed by atoms with Crippen LogP contribution in [0.15, 0.2) is 54.7 Å². The van der Waals surface area contributed by atoms with E-state index in [9.17, 15) is 9.18 Å². The van der Waals surface area contributed by atoms with Gasteiger partial charge in [0.2, 0.25) is 5.95 Å². The predicted octanol–water partition coefficient (Wildman–Crippen LogP) is 7.10. The Kier molecular flexibility index (Phi) is 8.54. The Bertz CT molecular complexity index is 1250. The van der Waals surface area contributed by atoms with E-state index in [1.165, 1.54) is 31.1 Å². The second kappa shape index (κ2) is 12.0. The van der Waals surface area contributed by atoms with E-state index in [1.807, 2.05) is 24.3 Å². The summed E-state index contributed by atoms with van der Waals surface area (Å²) in [5.74, 6) is 1.87. The van der Waals surface area contributed by atoms with Crippen molar-refractivity contribution in [2.75, 3.05) is 23.8 Å². The molecule has 0 aliphatic heterocycles. The summed E-state index contributed by atoms with van der Waals surface area (Å²) in [6.45, 7) is 5.19. The van der Waals surface area contributed by atoms with Gasteiger partial charge in [-0.25, -0.2) is 14.2 Å². The highest BCUT2D eigenvalue weighted by Crippen LogP contribution is 2.41. The first-order valence-corrected chi connectivity index (χ1v) is 12.6. The Morgan fingerprint density at radius 1 is 1.28 bits per heavy atom. The van der Waals surface area contributed by atoms with Crippen molar-refractivity contribution >= 4 is 41.1 Å². The zero-order valence-corrected chi connectivity index (χ0v) is 21.2. The Balaban J connectivity index is 1.56. The number of halogens is 2. The molecule has 8 heteroatoms. The summed E-state index contributed by atoms with van der Waals surface area (Å²) in [5, 5.41) is 6.59. The van der Waals surface area contributed by atoms with Crippen molar-refractivity contribution < 1.29 is 13.9 Å². The molecular formula is C28H30ClFN4O2. The molecule has 2 aromatic carbocycles. The summed E-state index contributed by atoms with van der Waals surface area (Å²) in [7, 11) is 0. The van der Waals surface area contributed by atoms with Crippen molar-refractivity contribution in [2.45, 2.75) is 33.1 Å². The van der Waals surface area contributed by atoms with Crippen LogP contribution >= 0.6 is 11.6 Å². The molecule has 1 aliphatic rings. The summed E-state index contributed by atoms with van der Waals surface area (Å²) in [6.07, 6.45) is 8.45. The van der Waals surface area contributed by atoms with Gasteiger partial charge in [-0.05, 0) is 79.5 Å². The number of carbonyl (C=O) groups excluding carboxylic acids is 1. The second-order valence-electron chi connectivity index (χ2n) is 8.96. The van der Waals surface area contributed by atoms with Crippen molar-refractivity contribution in [1.29, 1.82) is 0 Å². The minimum absolute atomic E-state index is 0.0250. The van der Waals surface area contributed by atoms with Gasteiger partial charge >= 0.3 is 5.97 Å². The van der Waals surface area contributed by atoms with Gasteiger partial charge in [0.1, 0.15) is 11.6 Å². The van der Waals surface area contributed by atoms with Crippen molar-refractivity contribution in [1.82, 2.24) is 9.97 Å². The van der Waals surface area contributed by atoms with Crippen molar-refractivity contribution in [2.24, 2.45) is 11.8 Å². The molecule has 0 spiro atoms. The molecule has 1 aliphatic carbocycles. The number of anilines is 3. The number of benzene rings is 2. The zero-order valence-electron chi connectivity index (χ0n) is 20.4. The molecule has 0 saturated heterocycles. The minimum Gasteiger partial charge on any atom is -0.463 e. The van der Waals surface area contributed by atoms with E-state index in [0.717, 1.165) is 41.5 Å². The average Bonchev–Trinajstić information content (AvgIpc) is 3.58. The van der Waals surface area contributed by atoms with Crippen LogP contribution < -0.4 is 10.6 Å². The lowest BCUT2D eigenvalue weighted by atomic mass is 10.0. The van der Waals surface area contributed by atoms with Crippen LogP contribution in [-0.2, 0) is 9.53 Å². The predicted molar refractivity (Wildman–Crippen MR) is 143 cm³/mol. The third kappa shape index (κ3) is 7.04. The maximum atomic E-state index is 13.5. The number of ether oxygens (including phenoxy) is 1. The van der Waals surface area contributed by atoms with Gasteiger partial charge in [-0.2, -0.15) is 4.98 Å². The van der Waals surface area contributed by atoms with Crippen molar-refractivity contribution in [3.63, 3.8) is 0 Å². The highest BCUT2D eigenvalue weighted by molar-refractivity contribution is 6.31. The van der Waals surface area contributed by atoms with Crippen molar-refractivity contribution in [3.8, 4) is 11.1 Å². The molecular weight excluding hydrogens is 479 g/mol. The van der Waals surface area contributed by atoms with Crippen LogP contribution in [0.5, 0.6) is 0 Å². The number of nitrogens with zero attached hydrogens (tertiary/aromatic N) is 2. The third-order valence-electron chi connectivity index (χ3n) is 6.18. The number of esters is 1. The van der Waals surface area contributed by atoms with E-state index in [0.29, 0.717) is 24.1 Å². The quantitative estimate of drug-likeness (QED) is 0.163. The molecule has 2 N–H and O–H groups in total. The highest BCUT2D eigenvalue weighted by atomic mass is 35.5. The first-order valence-electron chi connectivity index (χ1n) is 12.2. The second-order valence-corrected chi connectivity index (χ2v) is 9.37. The number of hydrogen-bond donors (Lipinski definition) is 2. The van der Waals surface area contributed by atoms with E-state index < -0.39 is 5.82 Å². The number of rotatable bonds is 11.